The van der Waals surface area contributed by atoms with E-state index in [0.717, 1.165) is 11.8 Å². The fourth-order valence-corrected chi connectivity index (χ4v) is 2.64. The third-order valence-electron chi connectivity index (χ3n) is 3.13. The van der Waals surface area contributed by atoms with Gasteiger partial charge in [-0.3, -0.25) is 8.98 Å². The maximum Gasteiger partial charge on any atom is 0.356 e. The van der Waals surface area contributed by atoms with Crippen molar-refractivity contribution in [2.45, 2.75) is 11.8 Å². The molecule has 1 aromatic heterocycles. The van der Waals surface area contributed by atoms with Crippen LogP contribution < -0.4 is 0 Å². The third kappa shape index (κ3) is 4.24. The Kier molecular flexibility index (Phi) is 5.42. The van der Waals surface area contributed by atoms with E-state index in [-0.39, 0.29) is 16.2 Å². The number of esters is 1. The number of ketones is 1. The quantitative estimate of drug-likeness (QED) is 0.445. The molecule has 0 unspecified atom stereocenters. The van der Waals surface area contributed by atoms with E-state index in [0.29, 0.717) is 0 Å². The fourth-order valence-electron chi connectivity index (χ4n) is 1.77. The van der Waals surface area contributed by atoms with E-state index in [4.69, 9.17) is 4.18 Å². The van der Waals surface area contributed by atoms with Gasteiger partial charge in [-0.1, -0.05) is 17.7 Å². The highest BCUT2D eigenvalue weighted by Crippen LogP contribution is 2.14. The summed E-state index contributed by atoms with van der Waals surface area (Å²) in [7, 11) is -2.81. The van der Waals surface area contributed by atoms with Gasteiger partial charge in [-0.15, -0.1) is 0 Å². The Morgan fingerprint density at radius 3 is 2.29 bits per heavy atom. The summed E-state index contributed by atoms with van der Waals surface area (Å²) >= 11 is 0. The number of aromatic nitrogens is 1. The minimum absolute atomic E-state index is 0.0277. The number of aryl methyl sites for hydroxylation is 1. The van der Waals surface area contributed by atoms with Crippen LogP contribution in [0.15, 0.2) is 47.5 Å². The summed E-state index contributed by atoms with van der Waals surface area (Å²) < 4.78 is 33.3. The molecule has 0 fully saturated rings. The lowest BCUT2D eigenvalue weighted by molar-refractivity contribution is 0.0593. The number of pyridine rings is 1. The zero-order chi connectivity index (χ0) is 17.7. The molecule has 2 aromatic rings. The zero-order valence-electron chi connectivity index (χ0n) is 13.1. The van der Waals surface area contributed by atoms with Gasteiger partial charge in [0.1, 0.15) is 12.3 Å². The second-order valence-electron chi connectivity index (χ2n) is 4.88. The summed E-state index contributed by atoms with van der Waals surface area (Å²) in [5.74, 6) is -1.21. The van der Waals surface area contributed by atoms with E-state index in [1.54, 1.807) is 12.1 Å². The summed E-state index contributed by atoms with van der Waals surface area (Å²) in [6.45, 7) is 1.17. The first-order valence-corrected chi connectivity index (χ1v) is 8.28. The van der Waals surface area contributed by atoms with Crippen LogP contribution in [0.1, 0.15) is 26.4 Å². The van der Waals surface area contributed by atoms with Gasteiger partial charge in [-0.25, -0.2) is 9.78 Å². The van der Waals surface area contributed by atoms with Crippen molar-refractivity contribution < 1.29 is 26.9 Å². The average molecular weight is 349 g/mol. The Labute approximate surface area is 139 Å². The van der Waals surface area contributed by atoms with Crippen molar-refractivity contribution in [1.29, 1.82) is 0 Å². The van der Waals surface area contributed by atoms with Gasteiger partial charge < -0.3 is 4.74 Å². The number of nitrogens with zero attached hydrogens (tertiary/aromatic N) is 1. The van der Waals surface area contributed by atoms with E-state index in [9.17, 15) is 18.0 Å². The minimum atomic E-state index is -4.02. The zero-order valence-corrected chi connectivity index (χ0v) is 13.9. The van der Waals surface area contributed by atoms with Crippen LogP contribution in [0.3, 0.4) is 0 Å². The fraction of sp³-hybridized carbons (Fsp3) is 0.188. The van der Waals surface area contributed by atoms with Crippen molar-refractivity contribution in [1.82, 2.24) is 4.98 Å². The van der Waals surface area contributed by atoms with Gasteiger partial charge in [-0.2, -0.15) is 8.42 Å². The van der Waals surface area contributed by atoms with Crippen LogP contribution in [0.4, 0.5) is 0 Å². The van der Waals surface area contributed by atoms with Crippen LogP contribution >= 0.6 is 0 Å². The van der Waals surface area contributed by atoms with Crippen LogP contribution in [0.2, 0.25) is 0 Å². The first-order chi connectivity index (χ1) is 11.3. The van der Waals surface area contributed by atoms with Gasteiger partial charge in [-0.05, 0) is 31.2 Å². The molecule has 7 nitrogen and oxygen atoms in total. The van der Waals surface area contributed by atoms with Crippen molar-refractivity contribution in [3.63, 3.8) is 0 Å². The molecule has 2 rings (SSSR count). The van der Waals surface area contributed by atoms with Gasteiger partial charge in [0.25, 0.3) is 10.1 Å². The Bertz CT molecular complexity index is 841. The van der Waals surface area contributed by atoms with Crippen LogP contribution in [0.25, 0.3) is 0 Å². The summed E-state index contributed by atoms with van der Waals surface area (Å²) in [4.78, 5) is 27.0. The Morgan fingerprint density at radius 2 is 1.75 bits per heavy atom. The standard InChI is InChI=1S/C16H15NO6S/c1-11-3-6-13(7-4-11)24(20,21)23-10-15(18)12-5-8-14(17-9-12)16(19)22-2/h3-9H,10H2,1-2H3. The number of benzene rings is 1. The molecule has 0 radical (unpaired) electrons. The molecule has 1 aromatic carbocycles. The van der Waals surface area contributed by atoms with Gasteiger partial charge in [0, 0.05) is 11.8 Å². The Balaban J connectivity index is 2.04. The lowest BCUT2D eigenvalue weighted by Gasteiger charge is -2.06. The molecular weight excluding hydrogens is 334 g/mol. The molecule has 0 aliphatic rings. The lowest BCUT2D eigenvalue weighted by atomic mass is 10.2. The van der Waals surface area contributed by atoms with Crippen LogP contribution in [0, 0.1) is 6.92 Å². The molecule has 0 N–H and O–H groups in total. The normalized spacial score (nSPS) is 11.1. The van der Waals surface area contributed by atoms with E-state index in [1.165, 1.54) is 31.4 Å². The molecule has 126 valence electrons. The first-order valence-electron chi connectivity index (χ1n) is 6.87. The summed E-state index contributed by atoms with van der Waals surface area (Å²) in [5.41, 5.74) is 1.07. The molecule has 8 heteroatoms. The van der Waals surface area contributed by atoms with Gasteiger partial charge in [0.2, 0.25) is 0 Å². The SMILES string of the molecule is COC(=O)c1ccc(C(=O)COS(=O)(=O)c2ccc(C)cc2)cn1. The molecule has 0 spiro atoms. The van der Waals surface area contributed by atoms with Crippen molar-refractivity contribution in [3.8, 4) is 0 Å². The van der Waals surface area contributed by atoms with E-state index in [2.05, 4.69) is 9.72 Å². The minimum Gasteiger partial charge on any atom is -0.464 e. The molecule has 0 aliphatic carbocycles. The summed E-state index contributed by atoms with van der Waals surface area (Å²) in [6.07, 6.45) is 1.16. The first kappa shape index (κ1) is 17.8. The van der Waals surface area contributed by atoms with Gasteiger partial charge >= 0.3 is 5.97 Å². The van der Waals surface area contributed by atoms with Crippen LogP contribution in [-0.4, -0.2) is 38.9 Å². The number of hydrogen-bond acceptors (Lipinski definition) is 7. The largest absolute Gasteiger partial charge is 0.464 e. The monoisotopic (exact) mass is 349 g/mol. The van der Waals surface area contributed by atoms with Gasteiger partial charge in [0.05, 0.1) is 12.0 Å². The predicted molar refractivity (Wildman–Crippen MR) is 84.2 cm³/mol. The van der Waals surface area contributed by atoms with E-state index >= 15 is 0 Å². The number of carbonyl (C=O) groups excluding carboxylic acids is 2. The second kappa shape index (κ2) is 7.33. The maximum atomic E-state index is 12.0. The molecule has 0 amide bonds. The topological polar surface area (TPSA) is 99.6 Å². The summed E-state index contributed by atoms with van der Waals surface area (Å²) in [5, 5.41) is 0. The molecule has 0 saturated heterocycles. The number of hydrogen-bond donors (Lipinski definition) is 0. The smallest absolute Gasteiger partial charge is 0.356 e. The van der Waals surface area contributed by atoms with Crippen molar-refractivity contribution in [2.24, 2.45) is 0 Å². The molecule has 0 bridgehead atoms. The number of rotatable bonds is 6. The number of methoxy groups -OCH3 is 1. The van der Waals surface area contributed by atoms with Crippen LogP contribution in [-0.2, 0) is 19.0 Å². The van der Waals surface area contributed by atoms with Crippen molar-refractivity contribution >= 4 is 21.9 Å². The Morgan fingerprint density at radius 1 is 1.08 bits per heavy atom. The molecule has 0 aliphatic heterocycles. The lowest BCUT2D eigenvalue weighted by Crippen LogP contribution is -2.15. The highest BCUT2D eigenvalue weighted by atomic mass is 32.2. The highest BCUT2D eigenvalue weighted by Gasteiger charge is 2.18. The molecule has 1 heterocycles. The molecule has 0 saturated carbocycles. The third-order valence-corrected chi connectivity index (χ3v) is 4.41. The Hall–Kier alpha value is -2.58. The number of Topliss-reactive ketones (excluding diaryl/α,β-unsaturated/α-hetero) is 1. The highest BCUT2D eigenvalue weighted by molar-refractivity contribution is 7.86. The van der Waals surface area contributed by atoms with Crippen molar-refractivity contribution in [2.75, 3.05) is 13.7 Å². The molecular formula is C16H15NO6S. The maximum absolute atomic E-state index is 12.0. The van der Waals surface area contributed by atoms with E-state index in [1.807, 2.05) is 6.92 Å². The molecule has 24 heavy (non-hydrogen) atoms. The second-order valence-corrected chi connectivity index (χ2v) is 6.49. The number of ether oxygens (including phenoxy) is 1. The summed E-state index contributed by atoms with van der Waals surface area (Å²) in [6, 6.07) is 8.74. The van der Waals surface area contributed by atoms with Crippen molar-refractivity contribution in [3.05, 3.63) is 59.4 Å². The molecule has 0 atom stereocenters. The number of carbonyl (C=O) groups is 2. The predicted octanol–water partition coefficient (Wildman–Crippen LogP) is 1.76. The van der Waals surface area contributed by atoms with E-state index < -0.39 is 28.5 Å². The van der Waals surface area contributed by atoms with Crippen LogP contribution in [0.5, 0.6) is 0 Å². The average Bonchev–Trinajstić information content (AvgIpc) is 2.59. The van der Waals surface area contributed by atoms with Gasteiger partial charge in [0.15, 0.2) is 5.78 Å².